The third-order valence-corrected chi connectivity index (χ3v) is 7.61. The molecule has 0 saturated carbocycles. The lowest BCUT2D eigenvalue weighted by molar-refractivity contribution is -0.290. The Morgan fingerprint density at radius 2 is 1.91 bits per heavy atom. The zero-order chi connectivity index (χ0) is 30.9. The first-order valence-electron chi connectivity index (χ1n) is 15.2. The number of hydrogen-bond donors (Lipinski definition) is 0. The second-order valence-electron chi connectivity index (χ2n) is 13.2. The number of ether oxygens (including phenoxy) is 3. The van der Waals surface area contributed by atoms with Crippen LogP contribution in [-0.4, -0.2) is 44.5 Å². The van der Waals surface area contributed by atoms with Gasteiger partial charge in [-0.25, -0.2) is 14.4 Å². The first kappa shape index (κ1) is 31.0. The largest absolute Gasteiger partial charge is 0.460 e. The predicted molar refractivity (Wildman–Crippen MR) is 165 cm³/mol. The van der Waals surface area contributed by atoms with Crippen molar-refractivity contribution in [3.8, 4) is 22.4 Å². The van der Waals surface area contributed by atoms with E-state index in [1.807, 2.05) is 59.0 Å². The van der Waals surface area contributed by atoms with Crippen LogP contribution in [0.2, 0.25) is 0 Å². The molecule has 1 fully saturated rings. The van der Waals surface area contributed by atoms with E-state index >= 15 is 0 Å². The number of halogens is 1. The van der Waals surface area contributed by atoms with Crippen molar-refractivity contribution in [1.29, 1.82) is 0 Å². The molecule has 43 heavy (non-hydrogen) atoms. The molecule has 0 N–H and O–H groups in total. The molecule has 0 radical (unpaired) electrons. The Morgan fingerprint density at radius 3 is 2.60 bits per heavy atom. The number of carbonyl (C=O) groups excluding carboxylic acids is 1. The van der Waals surface area contributed by atoms with Crippen LogP contribution in [0.4, 0.5) is 4.39 Å². The molecule has 0 amide bonds. The summed E-state index contributed by atoms with van der Waals surface area (Å²) in [6.07, 6.45) is 10.1. The number of carbonyl (C=O) groups is 1. The molecule has 8 heteroatoms. The highest BCUT2D eigenvalue weighted by Gasteiger charge is 2.36. The van der Waals surface area contributed by atoms with Crippen LogP contribution in [0.1, 0.15) is 96.2 Å². The zero-order valence-electron chi connectivity index (χ0n) is 26.2. The average molecular weight is 588 g/mol. The first-order chi connectivity index (χ1) is 20.3. The van der Waals surface area contributed by atoms with Gasteiger partial charge >= 0.3 is 5.97 Å². The Morgan fingerprint density at radius 1 is 1.16 bits per heavy atom. The maximum Gasteiger partial charge on any atom is 0.308 e. The van der Waals surface area contributed by atoms with E-state index in [9.17, 15) is 9.18 Å². The van der Waals surface area contributed by atoms with Crippen LogP contribution in [0, 0.1) is 5.82 Å². The lowest BCUT2D eigenvalue weighted by atomic mass is 9.86. The molecule has 5 rings (SSSR count). The highest BCUT2D eigenvalue weighted by molar-refractivity contribution is 5.85. The number of pyridine rings is 1. The fraction of sp³-hybridized carbons (Fsp3) is 0.486. The van der Waals surface area contributed by atoms with Gasteiger partial charge in [-0.2, -0.15) is 0 Å². The zero-order valence-corrected chi connectivity index (χ0v) is 26.2. The second kappa shape index (κ2) is 12.2. The van der Waals surface area contributed by atoms with E-state index in [-0.39, 0.29) is 36.3 Å². The smallest absolute Gasteiger partial charge is 0.308 e. The summed E-state index contributed by atoms with van der Waals surface area (Å²) < 4.78 is 32.1. The number of fused-ring (bicyclic) bond motifs is 3. The van der Waals surface area contributed by atoms with Gasteiger partial charge in [-0.3, -0.25) is 9.78 Å². The molecule has 2 aliphatic rings. The van der Waals surface area contributed by atoms with Crippen molar-refractivity contribution < 1.29 is 23.4 Å². The molecular weight excluding hydrogens is 545 g/mol. The number of esters is 1. The van der Waals surface area contributed by atoms with Gasteiger partial charge in [0.1, 0.15) is 17.7 Å². The SMILES string of the molecule is CC(C)c1nc2c(c(-c3ccc(F)cc3)c1/C=C/[C@@H]1C[C@H](CC(=O)OC(C)(C)C)OC(C)(C)O1)CCCc1ncncc1-2. The van der Waals surface area contributed by atoms with Crippen molar-refractivity contribution in [3.63, 3.8) is 0 Å². The molecule has 3 aromatic rings. The van der Waals surface area contributed by atoms with E-state index < -0.39 is 11.4 Å². The fourth-order valence-corrected chi connectivity index (χ4v) is 6.03. The highest BCUT2D eigenvalue weighted by atomic mass is 19.1. The molecule has 3 heterocycles. The van der Waals surface area contributed by atoms with Gasteiger partial charge in [-0.15, -0.1) is 0 Å². The van der Waals surface area contributed by atoms with E-state index in [1.165, 1.54) is 12.1 Å². The Bertz CT molecular complexity index is 1510. The quantitative estimate of drug-likeness (QED) is 0.275. The van der Waals surface area contributed by atoms with Crippen molar-refractivity contribution in [1.82, 2.24) is 15.0 Å². The normalized spacial score (nSPS) is 20.0. The molecule has 0 spiro atoms. The Balaban J connectivity index is 1.59. The lowest BCUT2D eigenvalue weighted by Crippen LogP contribution is -2.45. The second-order valence-corrected chi connectivity index (χ2v) is 13.2. The lowest BCUT2D eigenvalue weighted by Gasteiger charge is -2.39. The van der Waals surface area contributed by atoms with Crippen molar-refractivity contribution in [2.24, 2.45) is 0 Å². The summed E-state index contributed by atoms with van der Waals surface area (Å²) in [6.45, 7) is 13.6. The van der Waals surface area contributed by atoms with Crippen LogP contribution < -0.4 is 0 Å². The monoisotopic (exact) mass is 587 g/mol. The van der Waals surface area contributed by atoms with Crippen LogP contribution in [0.15, 0.2) is 42.9 Å². The summed E-state index contributed by atoms with van der Waals surface area (Å²) in [5.41, 5.74) is 7.28. The van der Waals surface area contributed by atoms with Crippen molar-refractivity contribution in [2.75, 3.05) is 0 Å². The minimum Gasteiger partial charge on any atom is -0.460 e. The van der Waals surface area contributed by atoms with Gasteiger partial charge in [0.15, 0.2) is 5.79 Å². The molecular formula is C35H42FN3O4. The van der Waals surface area contributed by atoms with Gasteiger partial charge in [-0.1, -0.05) is 38.1 Å². The third kappa shape index (κ3) is 7.36. The Labute approximate surface area is 253 Å². The van der Waals surface area contributed by atoms with Crippen LogP contribution in [-0.2, 0) is 31.8 Å². The van der Waals surface area contributed by atoms with Crippen LogP contribution in [0.3, 0.4) is 0 Å². The number of benzene rings is 1. The maximum absolute atomic E-state index is 14.1. The van der Waals surface area contributed by atoms with Gasteiger partial charge < -0.3 is 14.2 Å². The standard InChI is InChI=1S/C35H42FN3O4/c1-21(2)32-27(16-15-24-17-25(42-35(6,7)41-24)18-30(40)43-34(3,4)5)31(22-11-13-23(36)14-12-22)26-9-8-10-29-28(33(26)39-32)19-37-20-38-29/h11-16,19-21,24-25H,8-10,17-18H2,1-7H3/b16-15+/t24-,25-/m1/s1. The molecule has 0 unspecified atom stereocenters. The molecule has 1 aliphatic carbocycles. The average Bonchev–Trinajstić information content (AvgIpc) is 3.09. The number of nitrogens with zero attached hydrogens (tertiary/aromatic N) is 3. The Hall–Kier alpha value is -3.49. The van der Waals surface area contributed by atoms with E-state index in [0.29, 0.717) is 6.42 Å². The van der Waals surface area contributed by atoms with Gasteiger partial charge in [-0.05, 0) is 88.6 Å². The van der Waals surface area contributed by atoms with E-state index in [4.69, 9.17) is 19.2 Å². The summed E-state index contributed by atoms with van der Waals surface area (Å²) in [5, 5.41) is 0. The maximum atomic E-state index is 14.1. The first-order valence-corrected chi connectivity index (χ1v) is 15.2. The van der Waals surface area contributed by atoms with E-state index in [2.05, 4.69) is 29.9 Å². The number of rotatable bonds is 6. The topological polar surface area (TPSA) is 83.4 Å². The summed E-state index contributed by atoms with van der Waals surface area (Å²) in [7, 11) is 0. The number of hydrogen-bond acceptors (Lipinski definition) is 7. The minimum absolute atomic E-state index is 0.104. The van der Waals surface area contributed by atoms with E-state index in [0.717, 1.165) is 64.2 Å². The van der Waals surface area contributed by atoms with Gasteiger partial charge in [0.05, 0.1) is 35.7 Å². The predicted octanol–water partition coefficient (Wildman–Crippen LogP) is 7.61. The molecule has 7 nitrogen and oxygen atoms in total. The van der Waals surface area contributed by atoms with Gasteiger partial charge in [0.2, 0.25) is 0 Å². The number of aryl methyl sites for hydroxylation is 1. The van der Waals surface area contributed by atoms with Crippen molar-refractivity contribution >= 4 is 12.0 Å². The molecule has 2 aromatic heterocycles. The van der Waals surface area contributed by atoms with Crippen LogP contribution in [0.5, 0.6) is 0 Å². The third-order valence-electron chi connectivity index (χ3n) is 7.61. The summed E-state index contributed by atoms with van der Waals surface area (Å²) in [5.74, 6) is -1.35. The van der Waals surface area contributed by atoms with Crippen molar-refractivity contribution in [2.45, 2.75) is 110 Å². The molecule has 1 aromatic carbocycles. The minimum atomic E-state index is -0.879. The molecule has 1 saturated heterocycles. The fourth-order valence-electron chi connectivity index (χ4n) is 6.03. The summed E-state index contributed by atoms with van der Waals surface area (Å²) in [4.78, 5) is 26.8. The Kier molecular flexibility index (Phi) is 8.82. The number of aromatic nitrogens is 3. The van der Waals surface area contributed by atoms with Crippen LogP contribution in [0.25, 0.3) is 28.5 Å². The van der Waals surface area contributed by atoms with E-state index in [1.54, 1.807) is 6.33 Å². The molecule has 2 atom stereocenters. The van der Waals surface area contributed by atoms with Crippen molar-refractivity contribution in [3.05, 3.63) is 71.2 Å². The molecule has 1 aliphatic heterocycles. The molecule has 228 valence electrons. The molecule has 0 bridgehead atoms. The van der Waals surface area contributed by atoms with Gasteiger partial charge in [0.25, 0.3) is 0 Å². The highest BCUT2D eigenvalue weighted by Crippen LogP contribution is 2.42. The van der Waals surface area contributed by atoms with Gasteiger partial charge in [0, 0.05) is 23.7 Å². The summed E-state index contributed by atoms with van der Waals surface area (Å²) in [6, 6.07) is 6.68. The summed E-state index contributed by atoms with van der Waals surface area (Å²) >= 11 is 0. The van der Waals surface area contributed by atoms with Crippen LogP contribution >= 0.6 is 0 Å².